The standard InChI is InChI=1S/C14H17N3O2/c15-7-5-10-3-1-2-4-12(10)14-16-13(17-19-14)11-6-8-18-9-11/h1-4,11H,5-9,15H2. The molecule has 0 saturated carbocycles. The van der Waals surface area contributed by atoms with Crippen molar-refractivity contribution in [3.05, 3.63) is 35.7 Å². The third-order valence-electron chi connectivity index (χ3n) is 3.40. The molecule has 1 aliphatic rings. The third kappa shape index (κ3) is 2.52. The topological polar surface area (TPSA) is 74.2 Å². The lowest BCUT2D eigenvalue weighted by atomic mass is 10.0. The predicted octanol–water partition coefficient (Wildman–Crippen LogP) is 1.74. The summed E-state index contributed by atoms with van der Waals surface area (Å²) >= 11 is 0. The largest absolute Gasteiger partial charge is 0.381 e. The smallest absolute Gasteiger partial charge is 0.258 e. The average molecular weight is 259 g/mol. The maximum absolute atomic E-state index is 5.63. The van der Waals surface area contributed by atoms with Crippen LogP contribution in [-0.2, 0) is 11.2 Å². The van der Waals surface area contributed by atoms with E-state index >= 15 is 0 Å². The van der Waals surface area contributed by atoms with Gasteiger partial charge in [0.25, 0.3) is 5.89 Å². The first kappa shape index (κ1) is 12.3. The van der Waals surface area contributed by atoms with E-state index in [0.29, 0.717) is 19.0 Å². The van der Waals surface area contributed by atoms with Gasteiger partial charge in [-0.3, -0.25) is 0 Å². The molecule has 1 aromatic heterocycles. The molecule has 1 unspecified atom stereocenters. The van der Waals surface area contributed by atoms with Crippen molar-refractivity contribution in [2.45, 2.75) is 18.8 Å². The Kier molecular flexibility index (Phi) is 3.57. The van der Waals surface area contributed by atoms with Crippen LogP contribution in [0.25, 0.3) is 11.5 Å². The molecule has 2 N–H and O–H groups in total. The van der Waals surface area contributed by atoms with Gasteiger partial charge in [-0.15, -0.1) is 0 Å². The van der Waals surface area contributed by atoms with E-state index in [9.17, 15) is 0 Å². The monoisotopic (exact) mass is 259 g/mol. The van der Waals surface area contributed by atoms with Gasteiger partial charge in [0.2, 0.25) is 0 Å². The summed E-state index contributed by atoms with van der Waals surface area (Å²) in [5.41, 5.74) is 7.75. The quantitative estimate of drug-likeness (QED) is 0.905. The van der Waals surface area contributed by atoms with Gasteiger partial charge in [0.05, 0.1) is 6.61 Å². The summed E-state index contributed by atoms with van der Waals surface area (Å²) in [5.74, 6) is 1.58. The Balaban J connectivity index is 1.89. The molecular formula is C14H17N3O2. The number of aromatic nitrogens is 2. The highest BCUT2D eigenvalue weighted by Gasteiger charge is 2.23. The van der Waals surface area contributed by atoms with Crippen LogP contribution in [0, 0.1) is 0 Å². The zero-order valence-corrected chi connectivity index (χ0v) is 10.7. The molecule has 100 valence electrons. The van der Waals surface area contributed by atoms with Gasteiger partial charge in [0.1, 0.15) is 0 Å². The van der Waals surface area contributed by atoms with E-state index in [4.69, 9.17) is 15.0 Å². The first-order valence-corrected chi connectivity index (χ1v) is 6.58. The third-order valence-corrected chi connectivity index (χ3v) is 3.40. The molecule has 2 heterocycles. The van der Waals surface area contributed by atoms with E-state index in [-0.39, 0.29) is 5.92 Å². The van der Waals surface area contributed by atoms with Crippen molar-refractivity contribution in [1.82, 2.24) is 10.1 Å². The summed E-state index contributed by atoms with van der Waals surface area (Å²) in [7, 11) is 0. The predicted molar refractivity (Wildman–Crippen MR) is 70.7 cm³/mol. The molecule has 1 aromatic carbocycles. The SMILES string of the molecule is NCCc1ccccc1-c1nc(C2CCOC2)no1. The lowest BCUT2D eigenvalue weighted by Crippen LogP contribution is -2.04. The summed E-state index contributed by atoms with van der Waals surface area (Å²) < 4.78 is 10.7. The van der Waals surface area contributed by atoms with Gasteiger partial charge < -0.3 is 15.0 Å². The first-order chi connectivity index (χ1) is 9.38. The number of benzene rings is 1. The second-order valence-electron chi connectivity index (χ2n) is 4.71. The van der Waals surface area contributed by atoms with Crippen LogP contribution in [0.1, 0.15) is 23.7 Å². The maximum Gasteiger partial charge on any atom is 0.258 e. The molecule has 1 atom stereocenters. The van der Waals surface area contributed by atoms with E-state index in [1.165, 1.54) is 0 Å². The zero-order valence-electron chi connectivity index (χ0n) is 10.7. The van der Waals surface area contributed by atoms with Crippen LogP contribution in [-0.4, -0.2) is 29.9 Å². The molecule has 0 spiro atoms. The highest BCUT2D eigenvalue weighted by Crippen LogP contribution is 2.27. The minimum atomic E-state index is 0.263. The Hall–Kier alpha value is -1.72. The summed E-state index contributed by atoms with van der Waals surface area (Å²) in [5, 5.41) is 4.08. The van der Waals surface area contributed by atoms with Gasteiger partial charge in [0, 0.05) is 18.1 Å². The minimum Gasteiger partial charge on any atom is -0.381 e. The molecule has 1 aliphatic heterocycles. The number of hydrogen-bond donors (Lipinski definition) is 1. The number of ether oxygens (including phenoxy) is 1. The Labute approximate surface area is 111 Å². The van der Waals surface area contributed by atoms with E-state index in [1.54, 1.807) is 0 Å². The van der Waals surface area contributed by atoms with Crippen LogP contribution in [0.15, 0.2) is 28.8 Å². The normalized spacial score (nSPS) is 18.9. The lowest BCUT2D eigenvalue weighted by molar-refractivity contribution is 0.192. The van der Waals surface area contributed by atoms with Gasteiger partial charge in [-0.05, 0) is 31.0 Å². The minimum absolute atomic E-state index is 0.263. The molecule has 3 rings (SSSR count). The zero-order chi connectivity index (χ0) is 13.1. The second kappa shape index (κ2) is 5.50. The Morgan fingerprint density at radius 3 is 3.00 bits per heavy atom. The van der Waals surface area contributed by atoms with Crippen molar-refractivity contribution < 1.29 is 9.26 Å². The fourth-order valence-corrected chi connectivity index (χ4v) is 2.35. The van der Waals surface area contributed by atoms with Crippen LogP contribution in [0.2, 0.25) is 0 Å². The Morgan fingerprint density at radius 2 is 2.21 bits per heavy atom. The average Bonchev–Trinajstić information content (AvgIpc) is 3.11. The van der Waals surface area contributed by atoms with Crippen molar-refractivity contribution in [1.29, 1.82) is 0 Å². The highest BCUT2D eigenvalue weighted by atomic mass is 16.5. The van der Waals surface area contributed by atoms with Crippen LogP contribution in [0.3, 0.4) is 0 Å². The van der Waals surface area contributed by atoms with Crippen molar-refractivity contribution in [2.24, 2.45) is 5.73 Å². The van der Waals surface area contributed by atoms with Crippen molar-refractivity contribution >= 4 is 0 Å². The van der Waals surface area contributed by atoms with E-state index in [2.05, 4.69) is 10.1 Å². The number of nitrogens with two attached hydrogens (primary N) is 1. The number of hydrogen-bond acceptors (Lipinski definition) is 5. The first-order valence-electron chi connectivity index (χ1n) is 6.58. The number of nitrogens with zero attached hydrogens (tertiary/aromatic N) is 2. The van der Waals surface area contributed by atoms with Gasteiger partial charge >= 0.3 is 0 Å². The Bertz CT molecular complexity index is 547. The van der Waals surface area contributed by atoms with Gasteiger partial charge in [-0.1, -0.05) is 23.4 Å². The van der Waals surface area contributed by atoms with Crippen LogP contribution < -0.4 is 5.73 Å². The molecule has 0 bridgehead atoms. The Morgan fingerprint density at radius 1 is 1.32 bits per heavy atom. The molecule has 5 nitrogen and oxygen atoms in total. The molecular weight excluding hydrogens is 242 g/mol. The molecule has 0 amide bonds. The lowest BCUT2D eigenvalue weighted by Gasteiger charge is -2.03. The summed E-state index contributed by atoms with van der Waals surface area (Å²) in [4.78, 5) is 4.51. The van der Waals surface area contributed by atoms with Crippen LogP contribution in [0.4, 0.5) is 0 Å². The van der Waals surface area contributed by atoms with E-state index in [0.717, 1.165) is 36.4 Å². The molecule has 5 heteroatoms. The number of rotatable bonds is 4. The molecule has 1 saturated heterocycles. The van der Waals surface area contributed by atoms with Gasteiger partial charge in [0.15, 0.2) is 5.82 Å². The highest BCUT2D eigenvalue weighted by molar-refractivity contribution is 5.58. The van der Waals surface area contributed by atoms with Crippen molar-refractivity contribution in [3.63, 3.8) is 0 Å². The van der Waals surface area contributed by atoms with Crippen molar-refractivity contribution in [2.75, 3.05) is 19.8 Å². The molecule has 0 aliphatic carbocycles. The summed E-state index contributed by atoms with van der Waals surface area (Å²) in [6.07, 6.45) is 1.77. The summed E-state index contributed by atoms with van der Waals surface area (Å²) in [6, 6.07) is 8.01. The molecule has 19 heavy (non-hydrogen) atoms. The van der Waals surface area contributed by atoms with Crippen LogP contribution >= 0.6 is 0 Å². The second-order valence-corrected chi connectivity index (χ2v) is 4.71. The van der Waals surface area contributed by atoms with E-state index < -0.39 is 0 Å². The fraction of sp³-hybridized carbons (Fsp3) is 0.429. The molecule has 0 radical (unpaired) electrons. The van der Waals surface area contributed by atoms with Crippen LogP contribution in [0.5, 0.6) is 0 Å². The maximum atomic E-state index is 5.63. The summed E-state index contributed by atoms with van der Waals surface area (Å²) in [6.45, 7) is 2.07. The van der Waals surface area contributed by atoms with E-state index in [1.807, 2.05) is 24.3 Å². The fourth-order valence-electron chi connectivity index (χ4n) is 2.35. The van der Waals surface area contributed by atoms with Crippen molar-refractivity contribution in [3.8, 4) is 11.5 Å². The molecule has 1 fully saturated rings. The van der Waals surface area contributed by atoms with Gasteiger partial charge in [-0.2, -0.15) is 4.98 Å². The molecule has 2 aromatic rings. The van der Waals surface area contributed by atoms with Gasteiger partial charge in [-0.25, -0.2) is 0 Å².